The van der Waals surface area contributed by atoms with Gasteiger partial charge < -0.3 is 29.2 Å². The Hall–Kier alpha value is -2.52. The van der Waals surface area contributed by atoms with Crippen LogP contribution in [0.5, 0.6) is 5.75 Å². The number of carbonyl (C=O) groups excluding carboxylic acids is 3. The van der Waals surface area contributed by atoms with E-state index in [0.717, 1.165) is 5.56 Å². The van der Waals surface area contributed by atoms with Gasteiger partial charge in [-0.1, -0.05) is 11.6 Å². The lowest BCUT2D eigenvalue weighted by atomic mass is 10.1. The average molecular weight is 443 g/mol. The van der Waals surface area contributed by atoms with Gasteiger partial charge in [0.25, 0.3) is 0 Å². The van der Waals surface area contributed by atoms with Gasteiger partial charge in [0.1, 0.15) is 18.0 Å². The number of benzene rings is 1. The molecule has 2 rings (SSSR count). The average Bonchev–Trinajstić information content (AvgIpc) is 3.00. The summed E-state index contributed by atoms with van der Waals surface area (Å²) in [5.41, 5.74) is 0.812. The van der Waals surface area contributed by atoms with E-state index in [4.69, 9.17) is 30.5 Å². The Bertz CT molecular complexity index is 807. The number of amides is 2. The molecular weight excluding hydrogens is 416 g/mol. The number of esters is 1. The first-order valence-corrected chi connectivity index (χ1v) is 9.76. The number of methoxy groups -OCH3 is 1. The SMILES string of the molecule is COC(=O)[C@@H](CN(C)C(=O)OC(C)(C)C)OCCOc1cc2c(cc1Cl)NC(=O)C2. The topological polar surface area (TPSA) is 103 Å². The molecule has 0 fully saturated rings. The summed E-state index contributed by atoms with van der Waals surface area (Å²) in [6.45, 7) is 5.35. The van der Waals surface area contributed by atoms with Crippen LogP contribution in [0, 0.1) is 0 Å². The molecule has 0 unspecified atom stereocenters. The molecule has 9 nitrogen and oxygen atoms in total. The van der Waals surface area contributed by atoms with Gasteiger partial charge in [-0.3, -0.25) is 4.79 Å². The minimum absolute atomic E-state index is 0.0467. The second-order valence-corrected chi connectivity index (χ2v) is 8.16. The lowest BCUT2D eigenvalue weighted by Crippen LogP contribution is -2.43. The summed E-state index contributed by atoms with van der Waals surface area (Å²) < 4.78 is 21.2. The maximum absolute atomic E-state index is 12.1. The van der Waals surface area contributed by atoms with Crippen molar-refractivity contribution in [2.45, 2.75) is 38.9 Å². The number of hydrogen-bond acceptors (Lipinski definition) is 7. The predicted octanol–water partition coefficient (Wildman–Crippen LogP) is 2.64. The highest BCUT2D eigenvalue weighted by atomic mass is 35.5. The smallest absolute Gasteiger partial charge is 0.410 e. The van der Waals surface area contributed by atoms with E-state index in [-0.39, 0.29) is 32.1 Å². The standard InChI is InChI=1S/C20H27ClN2O7/c1-20(2,3)30-19(26)23(4)11-16(18(25)27-5)29-7-6-28-15-8-12-9-17(24)22-14(12)10-13(15)21/h8,10,16H,6-7,9,11H2,1-5H3,(H,22,24)/t16-/m1/s1. The second-order valence-electron chi connectivity index (χ2n) is 7.76. The van der Waals surface area contributed by atoms with Crippen LogP contribution in [0.4, 0.5) is 10.5 Å². The minimum Gasteiger partial charge on any atom is -0.490 e. The third-order valence-corrected chi connectivity index (χ3v) is 4.35. The second kappa shape index (κ2) is 9.99. The van der Waals surface area contributed by atoms with Crippen LogP contribution in [0.3, 0.4) is 0 Å². The van der Waals surface area contributed by atoms with E-state index in [1.54, 1.807) is 32.9 Å². The van der Waals surface area contributed by atoms with Crippen LogP contribution in [-0.4, -0.2) is 68.5 Å². The lowest BCUT2D eigenvalue weighted by molar-refractivity contribution is -0.155. The molecule has 1 N–H and O–H groups in total. The first kappa shape index (κ1) is 23.8. The number of nitrogens with one attached hydrogen (secondary N) is 1. The number of ether oxygens (including phenoxy) is 4. The Labute approximate surface area is 180 Å². The zero-order valence-corrected chi connectivity index (χ0v) is 18.5. The summed E-state index contributed by atoms with van der Waals surface area (Å²) in [4.78, 5) is 36.8. The molecule has 0 radical (unpaired) electrons. The molecule has 166 valence electrons. The maximum atomic E-state index is 12.1. The van der Waals surface area contributed by atoms with E-state index in [2.05, 4.69) is 5.32 Å². The van der Waals surface area contributed by atoms with Gasteiger partial charge in [0.15, 0.2) is 6.10 Å². The van der Waals surface area contributed by atoms with Crippen molar-refractivity contribution >= 4 is 35.3 Å². The molecule has 0 bridgehead atoms. The fourth-order valence-electron chi connectivity index (χ4n) is 2.67. The van der Waals surface area contributed by atoms with Crippen LogP contribution in [0.1, 0.15) is 26.3 Å². The Morgan fingerprint density at radius 1 is 1.27 bits per heavy atom. The molecule has 10 heteroatoms. The Kier molecular flexibility index (Phi) is 7.91. The van der Waals surface area contributed by atoms with Crippen molar-refractivity contribution in [1.29, 1.82) is 0 Å². The number of fused-ring (bicyclic) bond motifs is 1. The summed E-state index contributed by atoms with van der Waals surface area (Å²) in [5, 5.41) is 3.06. The van der Waals surface area contributed by atoms with E-state index >= 15 is 0 Å². The van der Waals surface area contributed by atoms with Crippen molar-refractivity contribution in [1.82, 2.24) is 4.90 Å². The van der Waals surface area contributed by atoms with Crippen LogP contribution in [0.25, 0.3) is 0 Å². The summed E-state index contributed by atoms with van der Waals surface area (Å²) in [6.07, 6.45) is -1.32. The van der Waals surface area contributed by atoms with Crippen LogP contribution in [0.15, 0.2) is 12.1 Å². The Morgan fingerprint density at radius 2 is 1.97 bits per heavy atom. The molecule has 0 saturated carbocycles. The number of anilines is 1. The van der Waals surface area contributed by atoms with Crippen LogP contribution < -0.4 is 10.1 Å². The molecule has 2 amide bonds. The maximum Gasteiger partial charge on any atom is 0.410 e. The summed E-state index contributed by atoms with van der Waals surface area (Å²) >= 11 is 6.18. The van der Waals surface area contributed by atoms with Gasteiger partial charge in [0.2, 0.25) is 5.91 Å². The molecule has 1 aliphatic heterocycles. The number of hydrogen-bond donors (Lipinski definition) is 1. The first-order chi connectivity index (χ1) is 14.0. The lowest BCUT2D eigenvalue weighted by Gasteiger charge is -2.26. The highest BCUT2D eigenvalue weighted by Gasteiger charge is 2.27. The van der Waals surface area contributed by atoms with Gasteiger partial charge in [-0.05, 0) is 38.5 Å². The monoisotopic (exact) mass is 442 g/mol. The molecule has 1 aliphatic rings. The molecular formula is C20H27ClN2O7. The highest BCUT2D eigenvalue weighted by molar-refractivity contribution is 6.32. The van der Waals surface area contributed by atoms with Gasteiger partial charge in [0, 0.05) is 12.7 Å². The number of halogens is 1. The Balaban J connectivity index is 1.88. The zero-order chi connectivity index (χ0) is 22.5. The van der Waals surface area contributed by atoms with Crippen LogP contribution in [0.2, 0.25) is 5.02 Å². The van der Waals surface area contributed by atoms with E-state index in [9.17, 15) is 14.4 Å². The normalized spacial score (nSPS) is 13.9. The van der Waals surface area contributed by atoms with E-state index < -0.39 is 23.8 Å². The molecule has 1 atom stereocenters. The van der Waals surface area contributed by atoms with Crippen molar-refractivity contribution < 1.29 is 33.3 Å². The minimum atomic E-state index is -1.01. The number of likely N-dealkylation sites (N-methyl/N-ethyl adjacent to an activating group) is 1. The molecule has 0 spiro atoms. The third-order valence-electron chi connectivity index (χ3n) is 4.05. The fourth-order valence-corrected chi connectivity index (χ4v) is 2.89. The number of rotatable bonds is 8. The van der Waals surface area contributed by atoms with Gasteiger partial charge in [-0.25, -0.2) is 9.59 Å². The van der Waals surface area contributed by atoms with E-state index in [1.807, 2.05) is 0 Å². The van der Waals surface area contributed by atoms with Crippen molar-refractivity contribution in [3.63, 3.8) is 0 Å². The van der Waals surface area contributed by atoms with Crippen molar-refractivity contribution in [3.05, 3.63) is 22.7 Å². The third kappa shape index (κ3) is 6.77. The fraction of sp³-hybridized carbons (Fsp3) is 0.550. The largest absolute Gasteiger partial charge is 0.490 e. The van der Waals surface area contributed by atoms with Crippen LogP contribution >= 0.6 is 11.6 Å². The highest BCUT2D eigenvalue weighted by Crippen LogP contribution is 2.34. The summed E-state index contributed by atoms with van der Waals surface area (Å²) in [5.74, 6) is -0.307. The van der Waals surface area contributed by atoms with Crippen molar-refractivity contribution in [2.24, 2.45) is 0 Å². The molecule has 0 aromatic heterocycles. The van der Waals surface area contributed by atoms with Gasteiger partial charge in [-0.15, -0.1) is 0 Å². The molecule has 1 heterocycles. The molecule has 0 saturated heterocycles. The zero-order valence-electron chi connectivity index (χ0n) is 17.7. The quantitative estimate of drug-likeness (QED) is 0.487. The molecule has 1 aromatic rings. The van der Waals surface area contributed by atoms with Crippen molar-refractivity contribution in [2.75, 3.05) is 39.2 Å². The van der Waals surface area contributed by atoms with Crippen molar-refractivity contribution in [3.8, 4) is 5.75 Å². The predicted molar refractivity (Wildman–Crippen MR) is 110 cm³/mol. The van der Waals surface area contributed by atoms with Crippen LogP contribution in [-0.2, 0) is 30.2 Å². The number of carbonyl (C=O) groups is 3. The van der Waals surface area contributed by atoms with Gasteiger partial charge >= 0.3 is 12.1 Å². The van der Waals surface area contributed by atoms with E-state index in [0.29, 0.717) is 16.5 Å². The summed E-state index contributed by atoms with van der Waals surface area (Å²) in [7, 11) is 2.74. The number of nitrogens with zero attached hydrogens (tertiary/aromatic N) is 1. The van der Waals surface area contributed by atoms with Gasteiger partial charge in [0.05, 0.1) is 31.7 Å². The molecule has 30 heavy (non-hydrogen) atoms. The van der Waals surface area contributed by atoms with Gasteiger partial charge in [-0.2, -0.15) is 0 Å². The Morgan fingerprint density at radius 3 is 2.60 bits per heavy atom. The first-order valence-electron chi connectivity index (χ1n) is 9.38. The molecule has 0 aliphatic carbocycles. The van der Waals surface area contributed by atoms with E-state index in [1.165, 1.54) is 19.1 Å². The summed E-state index contributed by atoms with van der Waals surface area (Å²) in [6, 6.07) is 3.33. The molecule has 1 aromatic carbocycles.